The number of nitrogens with one attached hydrogen (secondary N) is 2. The molecule has 5 rings (SSSR count). The van der Waals surface area contributed by atoms with Gasteiger partial charge in [-0.1, -0.05) is 84.9 Å². The molecule has 9 heteroatoms. The van der Waals surface area contributed by atoms with E-state index in [9.17, 15) is 18.6 Å². The number of sulfonamides is 1. The molecular formula is C35H36N2O6S. The maximum absolute atomic E-state index is 12.0. The Labute approximate surface area is 258 Å². The number of aliphatic hydroxyl groups is 2. The maximum Gasteiger partial charge on any atom is 0.229 e. The van der Waals surface area contributed by atoms with E-state index in [0.717, 1.165) is 33.9 Å². The van der Waals surface area contributed by atoms with E-state index < -0.39 is 16.1 Å². The number of anilines is 1. The van der Waals surface area contributed by atoms with E-state index >= 15 is 0 Å². The standard InChI is InChI=1S/C35H36N2O6S/c1-44(40,41)37-32-21-28(16-19-35(32)42-24-26-8-3-2-4-9-26)33(39)22-36-29(23-38)20-25-14-17-30(18-15-25)43-34-13-7-11-27-10-5-6-12-31(27)34/h2-19,21,29,33,36-39H,20,22-24H2,1H3/t29-,33-/m0/s1. The van der Waals surface area contributed by atoms with Crippen LogP contribution in [0.3, 0.4) is 0 Å². The fourth-order valence-corrected chi connectivity index (χ4v) is 5.44. The Bertz CT molecular complexity index is 1770. The van der Waals surface area contributed by atoms with Gasteiger partial charge in [0.2, 0.25) is 10.0 Å². The van der Waals surface area contributed by atoms with E-state index in [2.05, 4.69) is 10.0 Å². The highest BCUT2D eigenvalue weighted by Crippen LogP contribution is 2.31. The zero-order valence-electron chi connectivity index (χ0n) is 24.4. The Kier molecular flexibility index (Phi) is 10.1. The van der Waals surface area contributed by atoms with Gasteiger partial charge in [0.1, 0.15) is 23.9 Å². The van der Waals surface area contributed by atoms with Crippen molar-refractivity contribution in [3.8, 4) is 17.2 Å². The molecule has 8 nitrogen and oxygen atoms in total. The lowest BCUT2D eigenvalue weighted by molar-refractivity contribution is 0.158. The first-order valence-electron chi connectivity index (χ1n) is 14.3. The first-order chi connectivity index (χ1) is 21.3. The summed E-state index contributed by atoms with van der Waals surface area (Å²) in [6.07, 6.45) is 0.640. The van der Waals surface area contributed by atoms with Crippen LogP contribution in [0.5, 0.6) is 17.2 Å². The van der Waals surface area contributed by atoms with E-state index in [1.54, 1.807) is 18.2 Å². The zero-order chi connectivity index (χ0) is 30.9. The van der Waals surface area contributed by atoms with Gasteiger partial charge in [-0.05, 0) is 58.8 Å². The topological polar surface area (TPSA) is 117 Å². The predicted octanol–water partition coefficient (Wildman–Crippen LogP) is 5.81. The van der Waals surface area contributed by atoms with Gasteiger partial charge in [-0.15, -0.1) is 0 Å². The largest absolute Gasteiger partial charge is 0.487 e. The number of aliphatic hydroxyl groups excluding tert-OH is 2. The number of rotatable bonds is 14. The molecule has 0 saturated heterocycles. The number of hydrogen-bond acceptors (Lipinski definition) is 7. The maximum atomic E-state index is 12.0. The molecule has 0 aliphatic heterocycles. The highest BCUT2D eigenvalue weighted by atomic mass is 32.2. The van der Waals surface area contributed by atoms with E-state index in [1.165, 1.54) is 0 Å². The fourth-order valence-electron chi connectivity index (χ4n) is 4.88. The second kappa shape index (κ2) is 14.4. The van der Waals surface area contributed by atoms with Gasteiger partial charge < -0.3 is 25.0 Å². The molecule has 0 unspecified atom stereocenters. The number of hydrogen-bond donors (Lipinski definition) is 4. The smallest absolute Gasteiger partial charge is 0.229 e. The molecule has 0 aliphatic carbocycles. The van der Waals surface area contributed by atoms with Gasteiger partial charge in [-0.3, -0.25) is 4.72 Å². The third kappa shape index (κ3) is 8.58. The normalized spacial score (nSPS) is 12.9. The summed E-state index contributed by atoms with van der Waals surface area (Å²) in [4.78, 5) is 0. The molecule has 0 radical (unpaired) electrons. The lowest BCUT2D eigenvalue weighted by Gasteiger charge is -2.21. The summed E-state index contributed by atoms with van der Waals surface area (Å²) in [5, 5.41) is 26.3. The van der Waals surface area contributed by atoms with Gasteiger partial charge >= 0.3 is 0 Å². The van der Waals surface area contributed by atoms with Gasteiger partial charge in [0.05, 0.1) is 24.7 Å². The second-order valence-corrected chi connectivity index (χ2v) is 12.4. The van der Waals surface area contributed by atoms with Crippen molar-refractivity contribution < 1.29 is 28.1 Å². The van der Waals surface area contributed by atoms with E-state index in [-0.39, 0.29) is 31.5 Å². The quantitative estimate of drug-likeness (QED) is 0.125. The highest BCUT2D eigenvalue weighted by molar-refractivity contribution is 7.92. The molecule has 2 atom stereocenters. The Morgan fingerprint density at radius 1 is 0.795 bits per heavy atom. The highest BCUT2D eigenvalue weighted by Gasteiger charge is 2.17. The fraction of sp³-hybridized carbons (Fsp3) is 0.200. The third-order valence-corrected chi connectivity index (χ3v) is 7.71. The molecule has 0 saturated carbocycles. The monoisotopic (exact) mass is 612 g/mol. The van der Waals surface area contributed by atoms with Gasteiger partial charge in [-0.25, -0.2) is 8.42 Å². The van der Waals surface area contributed by atoms with Crippen LogP contribution >= 0.6 is 0 Å². The summed E-state index contributed by atoms with van der Waals surface area (Å²) in [7, 11) is -3.59. The van der Waals surface area contributed by atoms with Crippen LogP contribution in [-0.4, -0.2) is 44.1 Å². The summed E-state index contributed by atoms with van der Waals surface area (Å²) in [5.41, 5.74) is 2.68. The van der Waals surface area contributed by atoms with Crippen molar-refractivity contribution in [1.82, 2.24) is 5.32 Å². The minimum absolute atomic E-state index is 0.131. The SMILES string of the molecule is CS(=O)(=O)Nc1cc([C@@H](O)CN[C@H](CO)Cc2ccc(Oc3cccc4ccccc34)cc2)ccc1OCc1ccccc1. The number of benzene rings is 5. The lowest BCUT2D eigenvalue weighted by Crippen LogP contribution is -2.37. The van der Waals surface area contributed by atoms with E-state index in [1.807, 2.05) is 97.1 Å². The Morgan fingerprint density at radius 3 is 2.27 bits per heavy atom. The average Bonchev–Trinajstić information content (AvgIpc) is 3.03. The van der Waals surface area contributed by atoms with Crippen LogP contribution in [-0.2, 0) is 23.1 Å². The van der Waals surface area contributed by atoms with Gasteiger partial charge in [0.15, 0.2) is 0 Å². The van der Waals surface area contributed by atoms with E-state index in [4.69, 9.17) is 9.47 Å². The van der Waals surface area contributed by atoms with Crippen LogP contribution in [0.1, 0.15) is 22.8 Å². The van der Waals surface area contributed by atoms with E-state index in [0.29, 0.717) is 23.5 Å². The number of ether oxygens (including phenoxy) is 2. The second-order valence-electron chi connectivity index (χ2n) is 10.6. The van der Waals surface area contributed by atoms with Crippen LogP contribution in [0.4, 0.5) is 5.69 Å². The summed E-state index contributed by atoms with van der Waals surface area (Å²) >= 11 is 0. The molecule has 0 spiro atoms. The first-order valence-corrected chi connectivity index (χ1v) is 16.2. The van der Waals surface area contributed by atoms with Crippen molar-refractivity contribution in [2.45, 2.75) is 25.2 Å². The molecule has 5 aromatic carbocycles. The zero-order valence-corrected chi connectivity index (χ0v) is 25.2. The third-order valence-electron chi connectivity index (χ3n) is 7.12. The van der Waals surface area contributed by atoms with Crippen molar-refractivity contribution in [2.75, 3.05) is 24.1 Å². The van der Waals surface area contributed by atoms with Crippen molar-refractivity contribution >= 4 is 26.5 Å². The Balaban J connectivity index is 1.19. The van der Waals surface area contributed by atoms with Crippen LogP contribution < -0.4 is 19.5 Å². The minimum Gasteiger partial charge on any atom is -0.487 e. The first kappa shape index (κ1) is 31.0. The van der Waals surface area contributed by atoms with Crippen molar-refractivity contribution in [3.05, 3.63) is 132 Å². The molecular weight excluding hydrogens is 576 g/mol. The van der Waals surface area contributed by atoms with Crippen LogP contribution in [0, 0.1) is 0 Å². The molecule has 0 aliphatic rings. The molecule has 228 valence electrons. The van der Waals surface area contributed by atoms with Crippen LogP contribution in [0.25, 0.3) is 10.8 Å². The molecule has 0 aromatic heterocycles. The molecule has 0 heterocycles. The predicted molar refractivity (Wildman–Crippen MR) is 174 cm³/mol. The molecule has 0 amide bonds. The summed E-state index contributed by atoms with van der Waals surface area (Å²) < 4.78 is 38.6. The molecule has 0 bridgehead atoms. The summed E-state index contributed by atoms with van der Waals surface area (Å²) in [6.45, 7) is 0.279. The van der Waals surface area contributed by atoms with Gasteiger partial charge in [-0.2, -0.15) is 0 Å². The summed E-state index contributed by atoms with van der Waals surface area (Å²) in [6, 6.07) is 35.9. The van der Waals surface area contributed by atoms with Gasteiger partial charge in [0, 0.05) is 18.0 Å². The molecule has 4 N–H and O–H groups in total. The van der Waals surface area contributed by atoms with Crippen molar-refractivity contribution in [3.63, 3.8) is 0 Å². The van der Waals surface area contributed by atoms with Crippen molar-refractivity contribution in [1.29, 1.82) is 0 Å². The Morgan fingerprint density at radius 2 is 1.52 bits per heavy atom. The van der Waals surface area contributed by atoms with Gasteiger partial charge in [0.25, 0.3) is 0 Å². The number of fused-ring (bicyclic) bond motifs is 1. The van der Waals surface area contributed by atoms with Crippen molar-refractivity contribution in [2.24, 2.45) is 0 Å². The Hall–Kier alpha value is -4.41. The van der Waals surface area contributed by atoms with Crippen LogP contribution in [0.15, 0.2) is 115 Å². The minimum atomic E-state index is -3.59. The average molecular weight is 613 g/mol. The van der Waals surface area contributed by atoms with Crippen LogP contribution in [0.2, 0.25) is 0 Å². The summed E-state index contributed by atoms with van der Waals surface area (Å²) in [5.74, 6) is 1.85. The molecule has 5 aromatic rings. The molecule has 0 fully saturated rings. The molecule has 44 heavy (non-hydrogen) atoms. The lowest BCUT2D eigenvalue weighted by atomic mass is 10.0.